The highest BCUT2D eigenvalue weighted by Crippen LogP contribution is 2.50. The van der Waals surface area contributed by atoms with Crippen LogP contribution in [0.3, 0.4) is 0 Å². The van der Waals surface area contributed by atoms with Gasteiger partial charge in [-0.1, -0.05) is 6.42 Å². The van der Waals surface area contributed by atoms with Crippen LogP contribution in [-0.4, -0.2) is 5.78 Å². The first-order chi connectivity index (χ1) is 4.33. The molecule has 0 radical (unpaired) electrons. The van der Waals surface area contributed by atoms with Gasteiger partial charge in [-0.05, 0) is 25.7 Å². The fraction of sp³-hybridized carbons (Fsp3) is 0.875. The van der Waals surface area contributed by atoms with Crippen molar-refractivity contribution < 1.29 is 4.79 Å². The van der Waals surface area contributed by atoms with E-state index in [1.807, 2.05) is 0 Å². The number of hydrogen-bond acceptors (Lipinski definition) is 1. The van der Waals surface area contributed by atoms with Gasteiger partial charge in [0.15, 0.2) is 0 Å². The highest BCUT2D eigenvalue weighted by atomic mass is 35.5. The highest BCUT2D eigenvalue weighted by Gasteiger charge is 2.46. The first-order valence-corrected chi connectivity index (χ1v) is 3.87. The Morgan fingerprint density at radius 2 is 1.70 bits per heavy atom. The van der Waals surface area contributed by atoms with E-state index in [0.717, 1.165) is 6.42 Å². The first kappa shape index (κ1) is 8.06. The van der Waals surface area contributed by atoms with Gasteiger partial charge in [-0.15, -0.1) is 12.4 Å². The average Bonchev–Trinajstić information content (AvgIpc) is 2.07. The van der Waals surface area contributed by atoms with Gasteiger partial charge in [0.25, 0.3) is 0 Å². The van der Waals surface area contributed by atoms with Crippen molar-refractivity contribution in [3.05, 3.63) is 0 Å². The van der Waals surface area contributed by atoms with Crippen molar-refractivity contribution in [1.82, 2.24) is 0 Å². The zero-order valence-electron chi connectivity index (χ0n) is 6.06. The molecule has 2 aliphatic carbocycles. The van der Waals surface area contributed by atoms with Gasteiger partial charge in [0.2, 0.25) is 0 Å². The molecule has 0 amide bonds. The van der Waals surface area contributed by atoms with E-state index in [0.29, 0.717) is 5.78 Å². The third-order valence-electron chi connectivity index (χ3n) is 2.96. The number of carbonyl (C=O) groups is 1. The van der Waals surface area contributed by atoms with Crippen LogP contribution in [0.1, 0.15) is 38.5 Å². The molecular formula is C8H13ClO. The smallest absolute Gasteiger partial charge is 0.139 e. The Bertz CT molecular complexity index is 149. The second kappa shape index (κ2) is 2.54. The van der Waals surface area contributed by atoms with Crippen LogP contribution in [0.25, 0.3) is 0 Å². The molecule has 0 unspecified atom stereocenters. The Labute approximate surface area is 67.6 Å². The predicted octanol–water partition coefficient (Wildman–Crippen LogP) is 2.33. The summed E-state index contributed by atoms with van der Waals surface area (Å²) >= 11 is 0. The standard InChI is InChI=1S/C8H12O.ClH/c9-7-3-1-4-8(7)5-2-6-8;/h1-6H2;1H. The highest BCUT2D eigenvalue weighted by molar-refractivity contribution is 5.87. The summed E-state index contributed by atoms with van der Waals surface area (Å²) in [6.45, 7) is 0. The van der Waals surface area contributed by atoms with Crippen LogP contribution in [0.5, 0.6) is 0 Å². The Hall–Kier alpha value is -0.0400. The summed E-state index contributed by atoms with van der Waals surface area (Å²) in [5, 5.41) is 0. The summed E-state index contributed by atoms with van der Waals surface area (Å²) < 4.78 is 0. The summed E-state index contributed by atoms with van der Waals surface area (Å²) in [7, 11) is 0. The van der Waals surface area contributed by atoms with E-state index in [-0.39, 0.29) is 17.8 Å². The maximum Gasteiger partial charge on any atom is 0.139 e. The van der Waals surface area contributed by atoms with Crippen molar-refractivity contribution in [3.8, 4) is 0 Å². The molecule has 0 saturated heterocycles. The average molecular weight is 161 g/mol. The van der Waals surface area contributed by atoms with Crippen molar-refractivity contribution in [3.63, 3.8) is 0 Å². The predicted molar refractivity (Wildman–Crippen MR) is 42.4 cm³/mol. The van der Waals surface area contributed by atoms with Crippen molar-refractivity contribution in [2.75, 3.05) is 0 Å². The maximum absolute atomic E-state index is 11.2. The molecule has 2 heteroatoms. The summed E-state index contributed by atoms with van der Waals surface area (Å²) in [5.41, 5.74) is 0.236. The van der Waals surface area contributed by atoms with Crippen LogP contribution in [0.4, 0.5) is 0 Å². The van der Waals surface area contributed by atoms with Crippen molar-refractivity contribution in [2.45, 2.75) is 38.5 Å². The monoisotopic (exact) mass is 160 g/mol. The lowest BCUT2D eigenvalue weighted by molar-refractivity contribution is -0.129. The minimum absolute atomic E-state index is 0. The quantitative estimate of drug-likeness (QED) is 0.532. The van der Waals surface area contributed by atoms with E-state index >= 15 is 0 Å². The van der Waals surface area contributed by atoms with Gasteiger partial charge >= 0.3 is 0 Å². The van der Waals surface area contributed by atoms with Crippen LogP contribution in [-0.2, 0) is 4.79 Å². The van der Waals surface area contributed by atoms with Crippen LogP contribution < -0.4 is 0 Å². The zero-order chi connectivity index (χ0) is 6.32. The maximum atomic E-state index is 11.2. The third kappa shape index (κ3) is 0.878. The van der Waals surface area contributed by atoms with Gasteiger partial charge in [0, 0.05) is 11.8 Å². The topological polar surface area (TPSA) is 17.1 Å². The van der Waals surface area contributed by atoms with Crippen molar-refractivity contribution in [2.24, 2.45) is 5.41 Å². The van der Waals surface area contributed by atoms with Crippen molar-refractivity contribution in [1.29, 1.82) is 0 Å². The largest absolute Gasteiger partial charge is 0.299 e. The number of halogens is 1. The van der Waals surface area contributed by atoms with Crippen molar-refractivity contribution >= 4 is 18.2 Å². The van der Waals surface area contributed by atoms with Gasteiger partial charge in [-0.3, -0.25) is 4.79 Å². The molecule has 0 bridgehead atoms. The van der Waals surface area contributed by atoms with Gasteiger partial charge in [0.05, 0.1) is 0 Å². The fourth-order valence-electron chi connectivity index (χ4n) is 2.12. The molecule has 58 valence electrons. The number of ketones is 1. The SMILES string of the molecule is Cl.O=C1CCCC12CCC2. The number of hydrogen-bond donors (Lipinski definition) is 0. The third-order valence-corrected chi connectivity index (χ3v) is 2.96. The Morgan fingerprint density at radius 1 is 1.10 bits per heavy atom. The summed E-state index contributed by atoms with van der Waals surface area (Å²) in [6, 6.07) is 0. The number of carbonyl (C=O) groups excluding carboxylic acids is 1. The number of Topliss-reactive ketones (excluding diaryl/α,β-unsaturated/α-hetero) is 1. The molecule has 2 aliphatic rings. The molecular weight excluding hydrogens is 148 g/mol. The molecule has 2 fully saturated rings. The summed E-state index contributed by atoms with van der Waals surface area (Å²) in [4.78, 5) is 11.2. The molecule has 10 heavy (non-hydrogen) atoms. The normalized spacial score (nSPS) is 27.8. The lowest BCUT2D eigenvalue weighted by Crippen LogP contribution is -2.32. The minimum atomic E-state index is 0. The summed E-state index contributed by atoms with van der Waals surface area (Å²) in [6.07, 6.45) is 6.94. The van der Waals surface area contributed by atoms with E-state index in [4.69, 9.17) is 0 Å². The molecule has 0 atom stereocenters. The van der Waals surface area contributed by atoms with Crippen LogP contribution in [0.2, 0.25) is 0 Å². The van der Waals surface area contributed by atoms with Gasteiger partial charge in [-0.25, -0.2) is 0 Å². The Balaban J connectivity index is 0.000000500. The Kier molecular flexibility index (Phi) is 2.04. The molecule has 0 N–H and O–H groups in total. The molecule has 0 aromatic rings. The molecule has 2 saturated carbocycles. The second-order valence-electron chi connectivity index (χ2n) is 3.41. The molecule has 0 aromatic heterocycles. The van der Waals surface area contributed by atoms with E-state index in [1.54, 1.807) is 0 Å². The van der Waals surface area contributed by atoms with Crippen LogP contribution in [0.15, 0.2) is 0 Å². The van der Waals surface area contributed by atoms with Gasteiger partial charge in [0.1, 0.15) is 5.78 Å². The molecule has 2 rings (SSSR count). The van der Waals surface area contributed by atoms with Crippen LogP contribution >= 0.6 is 12.4 Å². The van der Waals surface area contributed by atoms with E-state index < -0.39 is 0 Å². The Morgan fingerprint density at radius 3 is 1.90 bits per heavy atom. The van der Waals surface area contributed by atoms with E-state index in [1.165, 1.54) is 32.1 Å². The molecule has 0 aliphatic heterocycles. The minimum Gasteiger partial charge on any atom is -0.299 e. The van der Waals surface area contributed by atoms with Gasteiger partial charge in [-0.2, -0.15) is 0 Å². The first-order valence-electron chi connectivity index (χ1n) is 3.87. The molecule has 0 heterocycles. The van der Waals surface area contributed by atoms with Crippen LogP contribution in [0, 0.1) is 5.41 Å². The molecule has 1 spiro atoms. The molecule has 0 aromatic carbocycles. The van der Waals surface area contributed by atoms with E-state index in [9.17, 15) is 4.79 Å². The lowest BCUT2D eigenvalue weighted by atomic mass is 9.67. The summed E-state index contributed by atoms with van der Waals surface area (Å²) in [5.74, 6) is 0.564. The lowest BCUT2D eigenvalue weighted by Gasteiger charge is -2.36. The number of rotatable bonds is 0. The second-order valence-corrected chi connectivity index (χ2v) is 3.41. The van der Waals surface area contributed by atoms with Gasteiger partial charge < -0.3 is 0 Å². The molecule has 1 nitrogen and oxygen atoms in total. The van der Waals surface area contributed by atoms with E-state index in [2.05, 4.69) is 0 Å². The fourth-order valence-corrected chi connectivity index (χ4v) is 2.12. The zero-order valence-corrected chi connectivity index (χ0v) is 6.88.